The molecule has 0 aliphatic rings. The Morgan fingerprint density at radius 1 is 1.04 bits per heavy atom. The van der Waals surface area contributed by atoms with Gasteiger partial charge in [-0.1, -0.05) is 18.2 Å². The molecule has 0 heterocycles. The Labute approximate surface area is 135 Å². The van der Waals surface area contributed by atoms with Crippen molar-refractivity contribution in [3.63, 3.8) is 0 Å². The molecular formula is C18H20N2O3. The van der Waals surface area contributed by atoms with Gasteiger partial charge in [0, 0.05) is 31.6 Å². The molecule has 0 aliphatic heterocycles. The lowest BCUT2D eigenvalue weighted by Gasteiger charge is -2.14. The van der Waals surface area contributed by atoms with Crippen molar-refractivity contribution in [2.75, 3.05) is 21.2 Å². The molecule has 0 aromatic heterocycles. The molecular weight excluding hydrogens is 292 g/mol. The second-order valence-electron chi connectivity index (χ2n) is 5.32. The number of hydrogen-bond donors (Lipinski definition) is 1. The van der Waals surface area contributed by atoms with Crippen LogP contribution in [0.4, 0.5) is 0 Å². The van der Waals surface area contributed by atoms with Crippen molar-refractivity contribution >= 4 is 11.7 Å². The summed E-state index contributed by atoms with van der Waals surface area (Å²) in [6, 6.07) is 14.1. The number of rotatable bonds is 6. The number of benzene rings is 2. The molecule has 2 aromatic rings. The fraction of sp³-hybridized carbons (Fsp3) is 0.222. The van der Waals surface area contributed by atoms with Crippen molar-refractivity contribution in [2.45, 2.75) is 6.42 Å². The minimum atomic E-state index is -0.229. The van der Waals surface area contributed by atoms with Gasteiger partial charge in [-0.2, -0.15) is 0 Å². The normalized spacial score (nSPS) is 10.4. The lowest BCUT2D eigenvalue weighted by molar-refractivity contribution is 0.0856. The van der Waals surface area contributed by atoms with Crippen molar-refractivity contribution in [3.8, 4) is 5.75 Å². The number of amides is 1. The molecule has 5 nitrogen and oxygen atoms in total. The summed E-state index contributed by atoms with van der Waals surface area (Å²) in [4.78, 5) is 24.6. The van der Waals surface area contributed by atoms with Gasteiger partial charge in [-0.15, -0.1) is 0 Å². The standard InChI is InChI=1S/C18H20N2O3/c1-20(2)19-18(22)16-7-5-4-6-14(16)12-17(21)13-8-10-15(23-3)11-9-13/h4-11H,12H2,1-3H3,(H,19,22). The van der Waals surface area contributed by atoms with E-state index < -0.39 is 0 Å². The van der Waals surface area contributed by atoms with E-state index in [1.54, 1.807) is 68.7 Å². The van der Waals surface area contributed by atoms with Crippen LogP contribution in [0.25, 0.3) is 0 Å². The number of ketones is 1. The van der Waals surface area contributed by atoms with Gasteiger partial charge in [0.25, 0.3) is 5.91 Å². The Hall–Kier alpha value is -2.66. The highest BCUT2D eigenvalue weighted by Crippen LogP contribution is 2.16. The molecule has 23 heavy (non-hydrogen) atoms. The Bertz CT molecular complexity index is 694. The van der Waals surface area contributed by atoms with E-state index in [2.05, 4.69) is 5.43 Å². The first-order chi connectivity index (χ1) is 11.0. The van der Waals surface area contributed by atoms with E-state index in [0.717, 1.165) is 0 Å². The Morgan fingerprint density at radius 2 is 1.70 bits per heavy atom. The van der Waals surface area contributed by atoms with E-state index in [0.29, 0.717) is 22.4 Å². The lowest BCUT2D eigenvalue weighted by atomic mass is 9.98. The highest BCUT2D eigenvalue weighted by molar-refractivity contribution is 6.01. The summed E-state index contributed by atoms with van der Waals surface area (Å²) >= 11 is 0. The van der Waals surface area contributed by atoms with Crippen molar-refractivity contribution in [1.82, 2.24) is 10.4 Å². The molecule has 0 saturated carbocycles. The van der Waals surface area contributed by atoms with Crippen molar-refractivity contribution < 1.29 is 14.3 Å². The van der Waals surface area contributed by atoms with Gasteiger partial charge in [-0.05, 0) is 35.9 Å². The van der Waals surface area contributed by atoms with Gasteiger partial charge in [-0.3, -0.25) is 15.0 Å². The van der Waals surface area contributed by atoms with Crippen molar-refractivity contribution in [2.24, 2.45) is 0 Å². The summed E-state index contributed by atoms with van der Waals surface area (Å²) in [5.74, 6) is 0.429. The van der Waals surface area contributed by atoms with Gasteiger partial charge in [0.1, 0.15) is 5.75 Å². The molecule has 0 fully saturated rings. The van der Waals surface area contributed by atoms with Crippen LogP contribution in [0.2, 0.25) is 0 Å². The van der Waals surface area contributed by atoms with Crippen LogP contribution in [0.15, 0.2) is 48.5 Å². The lowest BCUT2D eigenvalue weighted by Crippen LogP contribution is -2.36. The van der Waals surface area contributed by atoms with Gasteiger partial charge in [0.15, 0.2) is 5.78 Å². The van der Waals surface area contributed by atoms with Gasteiger partial charge in [0.05, 0.1) is 7.11 Å². The second-order valence-corrected chi connectivity index (χ2v) is 5.32. The summed E-state index contributed by atoms with van der Waals surface area (Å²) in [6.45, 7) is 0. The van der Waals surface area contributed by atoms with E-state index >= 15 is 0 Å². The Balaban J connectivity index is 2.18. The highest BCUT2D eigenvalue weighted by atomic mass is 16.5. The summed E-state index contributed by atoms with van der Waals surface area (Å²) in [5, 5.41) is 1.57. The van der Waals surface area contributed by atoms with Crippen LogP contribution in [0.3, 0.4) is 0 Å². The molecule has 0 bridgehead atoms. The minimum absolute atomic E-state index is 0.0437. The first kappa shape index (κ1) is 16.7. The van der Waals surface area contributed by atoms with Crippen LogP contribution >= 0.6 is 0 Å². The fourth-order valence-electron chi connectivity index (χ4n) is 2.21. The van der Waals surface area contributed by atoms with Gasteiger partial charge in [-0.25, -0.2) is 5.01 Å². The van der Waals surface area contributed by atoms with E-state index in [9.17, 15) is 9.59 Å². The van der Waals surface area contributed by atoms with E-state index in [4.69, 9.17) is 4.74 Å². The Morgan fingerprint density at radius 3 is 2.30 bits per heavy atom. The maximum absolute atomic E-state index is 12.4. The van der Waals surface area contributed by atoms with Gasteiger partial charge >= 0.3 is 0 Å². The van der Waals surface area contributed by atoms with Crippen LogP contribution in [0.5, 0.6) is 5.75 Å². The largest absolute Gasteiger partial charge is 0.497 e. The Kier molecular flexibility index (Phi) is 5.49. The second kappa shape index (κ2) is 7.56. The first-order valence-electron chi connectivity index (χ1n) is 7.24. The molecule has 0 aliphatic carbocycles. The maximum atomic E-state index is 12.4. The third kappa shape index (κ3) is 4.40. The quantitative estimate of drug-likeness (QED) is 0.657. The molecule has 0 unspecified atom stereocenters. The topological polar surface area (TPSA) is 58.6 Å². The molecule has 0 spiro atoms. The fourth-order valence-corrected chi connectivity index (χ4v) is 2.21. The number of carbonyl (C=O) groups is 2. The number of carbonyl (C=O) groups excluding carboxylic acids is 2. The van der Waals surface area contributed by atoms with Crippen molar-refractivity contribution in [1.29, 1.82) is 0 Å². The monoisotopic (exact) mass is 312 g/mol. The van der Waals surface area contributed by atoms with Crippen LogP contribution in [-0.2, 0) is 6.42 Å². The minimum Gasteiger partial charge on any atom is -0.497 e. The summed E-state index contributed by atoms with van der Waals surface area (Å²) < 4.78 is 5.09. The van der Waals surface area contributed by atoms with Gasteiger partial charge in [0.2, 0.25) is 0 Å². The number of methoxy groups -OCH3 is 1. The number of ether oxygens (including phenoxy) is 1. The molecule has 0 radical (unpaired) electrons. The summed E-state index contributed by atoms with van der Waals surface area (Å²) in [6.07, 6.45) is 0.170. The van der Waals surface area contributed by atoms with Crippen LogP contribution < -0.4 is 10.2 Å². The average Bonchev–Trinajstić information content (AvgIpc) is 2.54. The van der Waals surface area contributed by atoms with Crippen LogP contribution in [-0.4, -0.2) is 37.9 Å². The molecule has 0 atom stereocenters. The van der Waals surface area contributed by atoms with E-state index in [1.807, 2.05) is 6.07 Å². The molecule has 1 amide bonds. The van der Waals surface area contributed by atoms with E-state index in [-0.39, 0.29) is 18.1 Å². The molecule has 5 heteroatoms. The highest BCUT2D eigenvalue weighted by Gasteiger charge is 2.15. The SMILES string of the molecule is COc1ccc(C(=O)Cc2ccccc2C(=O)NN(C)C)cc1. The zero-order valence-electron chi connectivity index (χ0n) is 13.5. The third-order valence-electron chi connectivity index (χ3n) is 3.35. The molecule has 1 N–H and O–H groups in total. The van der Waals surface area contributed by atoms with Crippen LogP contribution in [0.1, 0.15) is 26.3 Å². The molecule has 120 valence electrons. The predicted molar refractivity (Wildman–Crippen MR) is 88.6 cm³/mol. The van der Waals surface area contributed by atoms with Crippen LogP contribution in [0, 0.1) is 0 Å². The molecule has 2 aromatic carbocycles. The average molecular weight is 312 g/mol. The zero-order valence-corrected chi connectivity index (χ0v) is 13.5. The smallest absolute Gasteiger partial charge is 0.265 e. The zero-order chi connectivity index (χ0) is 16.8. The summed E-state index contributed by atoms with van der Waals surface area (Å²) in [7, 11) is 5.06. The van der Waals surface area contributed by atoms with Gasteiger partial charge < -0.3 is 4.74 Å². The first-order valence-corrected chi connectivity index (χ1v) is 7.24. The van der Waals surface area contributed by atoms with E-state index in [1.165, 1.54) is 0 Å². The number of Topliss-reactive ketones (excluding diaryl/α,β-unsaturated/α-hetero) is 1. The number of hydrogen-bond acceptors (Lipinski definition) is 4. The maximum Gasteiger partial charge on any atom is 0.265 e. The van der Waals surface area contributed by atoms with Crippen molar-refractivity contribution in [3.05, 3.63) is 65.2 Å². The number of nitrogens with one attached hydrogen (secondary N) is 1. The molecule has 0 saturated heterocycles. The third-order valence-corrected chi connectivity index (χ3v) is 3.35. The number of hydrazine groups is 1. The molecule has 2 rings (SSSR count). The number of nitrogens with zero attached hydrogens (tertiary/aromatic N) is 1. The summed E-state index contributed by atoms with van der Waals surface area (Å²) in [5.41, 5.74) is 4.49. The predicted octanol–water partition coefficient (Wildman–Crippen LogP) is 2.33.